The molecule has 0 fully saturated rings. The number of carbonyl (C=O) groups is 1. The van der Waals surface area contributed by atoms with Crippen LogP contribution < -0.4 is 14.8 Å². The van der Waals surface area contributed by atoms with Crippen molar-refractivity contribution in [3.8, 4) is 11.5 Å². The summed E-state index contributed by atoms with van der Waals surface area (Å²) in [4.78, 5) is 17.5. The quantitative estimate of drug-likeness (QED) is 0.349. The molecule has 1 heterocycles. The summed E-state index contributed by atoms with van der Waals surface area (Å²) in [7, 11) is 3.16. The van der Waals surface area contributed by atoms with E-state index in [4.69, 9.17) is 9.47 Å². The van der Waals surface area contributed by atoms with E-state index in [-0.39, 0.29) is 11.5 Å². The van der Waals surface area contributed by atoms with Gasteiger partial charge in [-0.05, 0) is 54.8 Å². The van der Waals surface area contributed by atoms with Gasteiger partial charge in [0.15, 0.2) is 11.5 Å². The fourth-order valence-corrected chi connectivity index (χ4v) is 3.53. The van der Waals surface area contributed by atoms with Gasteiger partial charge in [-0.3, -0.25) is 15.1 Å². The van der Waals surface area contributed by atoms with Crippen molar-refractivity contribution in [3.63, 3.8) is 0 Å². The molecule has 3 aromatic carbocycles. The second kappa shape index (κ2) is 10.1. The fraction of sp³-hybridized carbons (Fsp3) is 0.200. The van der Waals surface area contributed by atoms with Gasteiger partial charge in [-0.2, -0.15) is 4.68 Å². The summed E-state index contributed by atoms with van der Waals surface area (Å²) < 4.78 is 26.3. The van der Waals surface area contributed by atoms with Gasteiger partial charge in [0.05, 0.1) is 19.7 Å². The van der Waals surface area contributed by atoms with E-state index >= 15 is 0 Å². The summed E-state index contributed by atoms with van der Waals surface area (Å²) >= 11 is 0. The third-order valence-corrected chi connectivity index (χ3v) is 5.34. The first-order chi connectivity index (χ1) is 16.5. The molecule has 9 heteroatoms. The van der Waals surface area contributed by atoms with Crippen LogP contribution in [0.4, 0.5) is 4.39 Å². The van der Waals surface area contributed by atoms with Gasteiger partial charge in [0, 0.05) is 12.1 Å². The number of halogens is 1. The second-order valence-electron chi connectivity index (χ2n) is 7.52. The highest BCUT2D eigenvalue weighted by atomic mass is 19.1. The summed E-state index contributed by atoms with van der Waals surface area (Å²) in [6.07, 6.45) is 0.519. The maximum Gasteiger partial charge on any atom is 0.258 e. The monoisotopic (exact) mass is 461 g/mol. The van der Waals surface area contributed by atoms with Gasteiger partial charge in [-0.1, -0.05) is 35.5 Å². The van der Waals surface area contributed by atoms with E-state index in [1.165, 1.54) is 10.7 Å². The molecular weight excluding hydrogens is 437 g/mol. The highest BCUT2D eigenvalue weighted by Crippen LogP contribution is 2.30. The van der Waals surface area contributed by atoms with Crippen LogP contribution in [-0.4, -0.2) is 47.6 Å². The lowest BCUT2D eigenvalue weighted by Gasteiger charge is -2.13. The van der Waals surface area contributed by atoms with Crippen molar-refractivity contribution in [2.75, 3.05) is 20.8 Å². The average Bonchev–Trinajstić information content (AvgIpc) is 3.28. The number of hydrogen-bond donors (Lipinski definition) is 1. The number of nitrogens with one attached hydrogen (secondary N) is 1. The van der Waals surface area contributed by atoms with E-state index in [0.717, 1.165) is 5.56 Å². The van der Waals surface area contributed by atoms with E-state index in [1.54, 1.807) is 33.3 Å². The third-order valence-electron chi connectivity index (χ3n) is 5.34. The summed E-state index contributed by atoms with van der Waals surface area (Å²) in [5.41, 5.74) is 2.87. The fourth-order valence-electron chi connectivity index (χ4n) is 3.53. The molecule has 0 spiro atoms. The van der Waals surface area contributed by atoms with E-state index in [1.807, 2.05) is 42.5 Å². The normalized spacial score (nSPS) is 11.5. The molecule has 1 N–H and O–H groups in total. The van der Waals surface area contributed by atoms with Gasteiger partial charge in [0.2, 0.25) is 5.96 Å². The van der Waals surface area contributed by atoms with Crippen LogP contribution >= 0.6 is 0 Å². The molecule has 0 aliphatic heterocycles. The predicted molar refractivity (Wildman–Crippen MR) is 127 cm³/mol. The average molecular weight is 461 g/mol. The number of hydrogen-bond acceptors (Lipinski definition) is 6. The predicted octanol–water partition coefficient (Wildman–Crippen LogP) is 3.77. The van der Waals surface area contributed by atoms with Crippen LogP contribution in [0.3, 0.4) is 0 Å². The molecule has 0 unspecified atom stereocenters. The Bertz CT molecular complexity index is 1370. The first kappa shape index (κ1) is 22.9. The molecule has 34 heavy (non-hydrogen) atoms. The Morgan fingerprint density at radius 3 is 2.68 bits per heavy atom. The number of aromatic nitrogens is 3. The molecule has 0 aliphatic rings. The highest BCUT2D eigenvalue weighted by molar-refractivity contribution is 6.07. The summed E-state index contributed by atoms with van der Waals surface area (Å²) in [5.74, 6) is 0.480. The number of benzene rings is 3. The van der Waals surface area contributed by atoms with Crippen molar-refractivity contribution in [3.05, 3.63) is 83.2 Å². The van der Waals surface area contributed by atoms with E-state index < -0.39 is 11.7 Å². The largest absolute Gasteiger partial charge is 0.493 e. The van der Waals surface area contributed by atoms with Crippen molar-refractivity contribution >= 4 is 22.9 Å². The molecule has 4 rings (SSSR count). The lowest BCUT2D eigenvalue weighted by atomic mass is 10.1. The Hall–Kier alpha value is -4.27. The first-order valence-electron chi connectivity index (χ1n) is 10.6. The van der Waals surface area contributed by atoms with Crippen molar-refractivity contribution in [2.24, 2.45) is 4.99 Å². The molecule has 0 saturated carbocycles. The van der Waals surface area contributed by atoms with Gasteiger partial charge < -0.3 is 9.47 Å². The summed E-state index contributed by atoms with van der Waals surface area (Å²) in [6, 6.07) is 17.3. The molecule has 4 aromatic rings. The Labute approximate surface area is 196 Å². The lowest BCUT2D eigenvalue weighted by Crippen LogP contribution is -2.36. The number of ether oxygens (including phenoxy) is 2. The zero-order valence-electron chi connectivity index (χ0n) is 19.1. The van der Waals surface area contributed by atoms with Crippen molar-refractivity contribution in [1.29, 1.82) is 0 Å². The van der Waals surface area contributed by atoms with Crippen LogP contribution in [0.25, 0.3) is 11.0 Å². The van der Waals surface area contributed by atoms with Gasteiger partial charge in [-0.25, -0.2) is 4.39 Å². The number of para-hydroxylation sites is 2. The van der Waals surface area contributed by atoms with Crippen LogP contribution in [0.5, 0.6) is 11.5 Å². The van der Waals surface area contributed by atoms with E-state index in [9.17, 15) is 9.18 Å². The van der Waals surface area contributed by atoms with Gasteiger partial charge >= 0.3 is 0 Å². The maximum atomic E-state index is 14.0. The molecule has 1 amide bonds. The van der Waals surface area contributed by atoms with Crippen LogP contribution in [0.2, 0.25) is 0 Å². The SMILES string of the molecule is COc1cccc(CCN=C(NC(=O)c2ccc(C)c(F)c2)n2nnc3ccccc32)c1OC. The molecule has 174 valence electrons. The lowest BCUT2D eigenvalue weighted by molar-refractivity contribution is 0.0975. The van der Waals surface area contributed by atoms with E-state index in [0.29, 0.717) is 41.1 Å². The Morgan fingerprint density at radius 2 is 1.91 bits per heavy atom. The van der Waals surface area contributed by atoms with Crippen LogP contribution in [0, 0.1) is 12.7 Å². The number of amides is 1. The topological polar surface area (TPSA) is 90.6 Å². The van der Waals surface area contributed by atoms with Crippen molar-refractivity contribution < 1.29 is 18.7 Å². The number of aliphatic imine (C=N–C) groups is 1. The van der Waals surface area contributed by atoms with E-state index in [2.05, 4.69) is 20.6 Å². The molecule has 1 aromatic heterocycles. The molecule has 0 aliphatic carbocycles. The van der Waals surface area contributed by atoms with Crippen LogP contribution in [0.15, 0.2) is 65.7 Å². The minimum absolute atomic E-state index is 0.176. The number of fused-ring (bicyclic) bond motifs is 1. The molecule has 0 saturated heterocycles. The van der Waals surface area contributed by atoms with Crippen molar-refractivity contribution in [2.45, 2.75) is 13.3 Å². The summed E-state index contributed by atoms with van der Waals surface area (Å²) in [5, 5.41) is 11.1. The first-order valence-corrected chi connectivity index (χ1v) is 10.6. The Morgan fingerprint density at radius 1 is 1.09 bits per heavy atom. The van der Waals surface area contributed by atoms with Crippen molar-refractivity contribution in [1.82, 2.24) is 20.3 Å². The minimum atomic E-state index is -0.504. The van der Waals surface area contributed by atoms with Crippen LogP contribution in [0.1, 0.15) is 21.5 Å². The maximum absolute atomic E-state index is 14.0. The summed E-state index contributed by atoms with van der Waals surface area (Å²) in [6.45, 7) is 1.95. The molecule has 0 atom stereocenters. The number of methoxy groups -OCH3 is 2. The molecule has 8 nitrogen and oxygen atoms in total. The molecular formula is C25H24FN5O3. The van der Waals surface area contributed by atoms with Crippen LogP contribution in [-0.2, 0) is 6.42 Å². The van der Waals surface area contributed by atoms with Gasteiger partial charge in [-0.15, -0.1) is 5.10 Å². The Kier molecular flexibility index (Phi) is 6.82. The zero-order valence-corrected chi connectivity index (χ0v) is 19.1. The Balaban J connectivity index is 1.65. The highest BCUT2D eigenvalue weighted by Gasteiger charge is 2.16. The minimum Gasteiger partial charge on any atom is -0.493 e. The number of nitrogens with zero attached hydrogens (tertiary/aromatic N) is 4. The molecule has 0 radical (unpaired) electrons. The standard InChI is InChI=1S/C25H24FN5O3/c1-16-11-12-18(15-19(16)26)24(32)28-25(31-21-9-5-4-8-20(21)29-30-31)27-14-13-17-7-6-10-22(33-2)23(17)34-3/h4-12,15H,13-14H2,1-3H3,(H,27,28,32). The van der Waals surface area contributed by atoms with Gasteiger partial charge in [0.1, 0.15) is 11.3 Å². The molecule has 0 bridgehead atoms. The number of carbonyl (C=O) groups excluding carboxylic acids is 1. The third kappa shape index (κ3) is 4.73. The number of aryl methyl sites for hydroxylation is 1. The zero-order chi connectivity index (χ0) is 24.1. The number of rotatable bonds is 6. The smallest absolute Gasteiger partial charge is 0.258 e. The second-order valence-corrected chi connectivity index (χ2v) is 7.52. The van der Waals surface area contributed by atoms with Gasteiger partial charge in [0.25, 0.3) is 5.91 Å².